The van der Waals surface area contributed by atoms with Crippen molar-refractivity contribution < 1.29 is 0 Å². The van der Waals surface area contributed by atoms with Gasteiger partial charge in [0.2, 0.25) is 0 Å². The molecule has 11 rings (SSSR count). The Balaban J connectivity index is 1.18. The fourth-order valence-corrected chi connectivity index (χ4v) is 11.6. The van der Waals surface area contributed by atoms with E-state index in [0.717, 1.165) is 18.7 Å². The van der Waals surface area contributed by atoms with Crippen LogP contribution >= 0.6 is 0 Å². The number of anilines is 5. The van der Waals surface area contributed by atoms with Gasteiger partial charge in [-0.2, -0.15) is 0 Å². The van der Waals surface area contributed by atoms with Crippen LogP contribution in [0.2, 0.25) is 0 Å². The lowest BCUT2D eigenvalue weighted by Crippen LogP contribution is -2.44. The monoisotopic (exact) mass is 871 g/mol. The third-order valence-corrected chi connectivity index (χ3v) is 16.0. The zero-order valence-electron chi connectivity index (χ0n) is 40.7. The van der Waals surface area contributed by atoms with E-state index in [1.165, 1.54) is 120 Å². The van der Waals surface area contributed by atoms with Crippen LogP contribution in [0, 0.1) is 0 Å². The lowest BCUT2D eigenvalue weighted by Gasteiger charge is -2.45. The van der Waals surface area contributed by atoms with Crippen molar-refractivity contribution in [2.24, 2.45) is 0 Å². The van der Waals surface area contributed by atoms with Crippen molar-refractivity contribution in [2.75, 3.05) is 10.2 Å². The van der Waals surface area contributed by atoms with Crippen molar-refractivity contribution in [1.29, 1.82) is 0 Å². The Labute approximate surface area is 400 Å². The lowest BCUT2D eigenvalue weighted by atomic mass is 9.55. The molecule has 0 spiro atoms. The maximum atomic E-state index is 3.95. The summed E-state index contributed by atoms with van der Waals surface area (Å²) in [7, 11) is 0.833. The number of rotatable bonds is 7. The molecule has 67 heavy (non-hydrogen) atoms. The van der Waals surface area contributed by atoms with E-state index in [1.54, 1.807) is 0 Å². The third kappa shape index (κ3) is 7.71. The van der Waals surface area contributed by atoms with E-state index >= 15 is 0 Å². The Morgan fingerprint density at radius 3 is 1.46 bits per heavy atom. The number of nitrogens with zero attached hydrogens (tertiary/aromatic N) is 1. The molecule has 1 heterocycles. The normalized spacial score (nSPS) is 17.0. The average Bonchev–Trinajstić information content (AvgIpc) is 3.34. The number of hydrogen-bond acceptors (Lipinski definition) is 2. The van der Waals surface area contributed by atoms with Gasteiger partial charge in [-0.25, -0.2) is 0 Å². The molecule has 1 aliphatic heterocycles. The van der Waals surface area contributed by atoms with Gasteiger partial charge in [-0.3, -0.25) is 0 Å². The van der Waals surface area contributed by atoms with Gasteiger partial charge in [0.15, 0.2) is 7.28 Å². The van der Waals surface area contributed by atoms with Gasteiger partial charge in [-0.15, -0.1) is 0 Å². The Kier molecular flexibility index (Phi) is 10.3. The molecule has 0 aromatic heterocycles. The molecule has 1 N–H and O–H groups in total. The molecule has 8 aromatic rings. The summed E-state index contributed by atoms with van der Waals surface area (Å²) >= 11 is 0. The first-order valence-electron chi connectivity index (χ1n) is 24.6. The number of benzene rings is 8. The van der Waals surface area contributed by atoms with E-state index in [-0.39, 0.29) is 21.7 Å². The summed E-state index contributed by atoms with van der Waals surface area (Å²) in [6.45, 7) is 19.7. The maximum Gasteiger partial charge on any atom is 0.198 e. The van der Waals surface area contributed by atoms with Crippen LogP contribution < -0.4 is 21.1 Å². The van der Waals surface area contributed by atoms with Crippen molar-refractivity contribution in [3.63, 3.8) is 0 Å². The zero-order chi connectivity index (χ0) is 46.3. The quantitative estimate of drug-likeness (QED) is 0.161. The van der Waals surface area contributed by atoms with Crippen LogP contribution in [-0.2, 0) is 21.7 Å². The van der Waals surface area contributed by atoms with Crippen molar-refractivity contribution in [3.05, 3.63) is 198 Å². The molecular formula is C64H63BN2. The standard InChI is InChI=1S/C64H63BN2/c1-61(2)32-33-62(3,4)53-39-49(29-30-52(53)61)67-58-41-55-54(63(5,6)34-35-64(55,7)8)40-56(58)65-60-51(37-47(38-59(60)67)44-22-16-11-17-23-44)50-36-46(43-20-14-10-15-21-43)26-31-57(50)66-48-27-24-45(25-28-48)42-18-12-9-13-19-42/h9-31,36-41,65-66H,32-35H2,1-8H3. The molecule has 0 atom stereocenters. The van der Waals surface area contributed by atoms with Gasteiger partial charge >= 0.3 is 0 Å². The number of nitrogens with one attached hydrogen (secondary N) is 1. The van der Waals surface area contributed by atoms with Crippen molar-refractivity contribution in [3.8, 4) is 44.5 Å². The zero-order valence-corrected chi connectivity index (χ0v) is 40.7. The van der Waals surface area contributed by atoms with Gasteiger partial charge in [-0.05, 0) is 169 Å². The summed E-state index contributed by atoms with van der Waals surface area (Å²) in [6.07, 6.45) is 4.72. The van der Waals surface area contributed by atoms with Gasteiger partial charge in [0, 0.05) is 34.0 Å². The van der Waals surface area contributed by atoms with Crippen LogP contribution in [-0.4, -0.2) is 7.28 Å². The van der Waals surface area contributed by atoms with Crippen LogP contribution in [0.15, 0.2) is 176 Å². The predicted molar refractivity (Wildman–Crippen MR) is 290 cm³/mol. The molecular weight excluding hydrogens is 808 g/mol. The molecule has 3 heteroatoms. The summed E-state index contributed by atoms with van der Waals surface area (Å²) in [5.41, 5.74) is 24.7. The van der Waals surface area contributed by atoms with Crippen LogP contribution in [0.3, 0.4) is 0 Å². The molecule has 0 bridgehead atoms. The predicted octanol–water partition coefficient (Wildman–Crippen LogP) is 16.0. The average molecular weight is 871 g/mol. The molecule has 0 unspecified atom stereocenters. The third-order valence-electron chi connectivity index (χ3n) is 16.0. The maximum absolute atomic E-state index is 3.95. The SMILES string of the molecule is CC1(C)CCC(C)(C)c2cc(N3c4cc5c(cc4Bc4c(-c6cc(-c7ccccc7)ccc6Nc6ccc(-c7ccccc7)cc6)cc(-c6ccccc6)cc43)C(C)(C)CCC5(C)C)ccc21. The van der Waals surface area contributed by atoms with Gasteiger partial charge in [-0.1, -0.05) is 182 Å². The second kappa shape index (κ2) is 16.0. The van der Waals surface area contributed by atoms with Gasteiger partial charge in [0.25, 0.3) is 0 Å². The minimum absolute atomic E-state index is 0.0684. The molecule has 0 radical (unpaired) electrons. The fraction of sp³-hybridized carbons (Fsp3) is 0.250. The Bertz CT molecular complexity index is 3160. The Hall–Kier alpha value is -6.58. The van der Waals surface area contributed by atoms with Crippen molar-refractivity contribution in [2.45, 2.75) is 103 Å². The van der Waals surface area contributed by atoms with E-state index in [2.05, 4.69) is 242 Å². The summed E-state index contributed by atoms with van der Waals surface area (Å²) in [4.78, 5) is 2.66. The van der Waals surface area contributed by atoms with E-state index in [9.17, 15) is 0 Å². The minimum Gasteiger partial charge on any atom is -0.355 e. The van der Waals surface area contributed by atoms with E-state index in [4.69, 9.17) is 0 Å². The number of fused-ring (bicyclic) bond motifs is 4. The van der Waals surface area contributed by atoms with Crippen molar-refractivity contribution >= 4 is 46.6 Å². The molecule has 0 fully saturated rings. The molecule has 332 valence electrons. The Morgan fingerprint density at radius 1 is 0.388 bits per heavy atom. The summed E-state index contributed by atoms with van der Waals surface area (Å²) in [6, 6.07) is 66.1. The highest BCUT2D eigenvalue weighted by atomic mass is 15.2. The smallest absolute Gasteiger partial charge is 0.198 e. The molecule has 0 saturated heterocycles. The van der Waals surface area contributed by atoms with Crippen LogP contribution in [0.5, 0.6) is 0 Å². The Morgan fingerprint density at radius 2 is 0.866 bits per heavy atom. The summed E-state index contributed by atoms with van der Waals surface area (Å²) in [5, 5.41) is 3.95. The minimum atomic E-state index is 0.0684. The van der Waals surface area contributed by atoms with Crippen LogP contribution in [0.1, 0.15) is 103 Å². The molecule has 3 aliphatic rings. The lowest BCUT2D eigenvalue weighted by molar-refractivity contribution is 0.332. The number of hydrogen-bond donors (Lipinski definition) is 1. The van der Waals surface area contributed by atoms with Crippen molar-refractivity contribution in [1.82, 2.24) is 0 Å². The second-order valence-corrected chi connectivity index (χ2v) is 22.4. The highest BCUT2D eigenvalue weighted by molar-refractivity contribution is 6.73. The fourth-order valence-electron chi connectivity index (χ4n) is 11.6. The largest absolute Gasteiger partial charge is 0.355 e. The molecule has 0 saturated carbocycles. The highest BCUT2D eigenvalue weighted by Crippen LogP contribution is 2.52. The molecule has 0 amide bonds. The topological polar surface area (TPSA) is 15.3 Å². The highest BCUT2D eigenvalue weighted by Gasteiger charge is 2.41. The van der Waals surface area contributed by atoms with Gasteiger partial charge in [0.1, 0.15) is 0 Å². The summed E-state index contributed by atoms with van der Waals surface area (Å²) < 4.78 is 0. The van der Waals surface area contributed by atoms with Crippen LogP contribution in [0.25, 0.3) is 44.5 Å². The van der Waals surface area contributed by atoms with E-state index in [1.807, 2.05) is 0 Å². The summed E-state index contributed by atoms with van der Waals surface area (Å²) in [5.74, 6) is 0. The molecule has 8 aromatic carbocycles. The van der Waals surface area contributed by atoms with Crippen LogP contribution in [0.4, 0.5) is 28.4 Å². The first-order valence-corrected chi connectivity index (χ1v) is 24.6. The van der Waals surface area contributed by atoms with E-state index < -0.39 is 0 Å². The first kappa shape index (κ1) is 43.0. The molecule has 2 nitrogen and oxygen atoms in total. The second-order valence-electron chi connectivity index (χ2n) is 22.4. The molecule has 2 aliphatic carbocycles. The van der Waals surface area contributed by atoms with E-state index in [0.29, 0.717) is 0 Å². The van der Waals surface area contributed by atoms with Gasteiger partial charge in [0.05, 0.1) is 0 Å². The van der Waals surface area contributed by atoms with Gasteiger partial charge < -0.3 is 10.2 Å². The first-order chi connectivity index (χ1) is 32.1.